The maximum absolute atomic E-state index is 6.08. The smallest absolute Gasteiger partial charge is 0.0408 e. The molecule has 1 aromatic rings. The molecule has 0 fully saturated rings. The van der Waals surface area contributed by atoms with Crippen LogP contribution in [0.1, 0.15) is 32.3 Å². The maximum atomic E-state index is 6.08. The van der Waals surface area contributed by atoms with E-state index in [1.54, 1.807) is 0 Å². The lowest BCUT2D eigenvalue weighted by atomic mass is 9.85. The van der Waals surface area contributed by atoms with Crippen LogP contribution in [0.5, 0.6) is 0 Å². The summed E-state index contributed by atoms with van der Waals surface area (Å²) in [6, 6.07) is 8.10. The number of rotatable bonds is 6. The lowest BCUT2D eigenvalue weighted by molar-refractivity contribution is 0.339. The van der Waals surface area contributed by atoms with Crippen molar-refractivity contribution in [1.82, 2.24) is 0 Å². The predicted octanol–water partition coefficient (Wildman–Crippen LogP) is 5.17. The van der Waals surface area contributed by atoms with Gasteiger partial charge in [0.05, 0.1) is 0 Å². The molecule has 1 atom stereocenters. The quantitative estimate of drug-likeness (QED) is 0.618. The van der Waals surface area contributed by atoms with Gasteiger partial charge in [0.15, 0.2) is 0 Å². The fraction of sp³-hybridized carbons (Fsp3) is 0.571. The van der Waals surface area contributed by atoms with E-state index in [1.165, 1.54) is 18.4 Å². The Bertz CT molecular complexity index is 305. The van der Waals surface area contributed by atoms with Crippen LogP contribution in [0.15, 0.2) is 24.3 Å². The second kappa shape index (κ2) is 7.19. The van der Waals surface area contributed by atoms with Gasteiger partial charge in [-0.1, -0.05) is 50.4 Å². The predicted molar refractivity (Wildman–Crippen MR) is 73.4 cm³/mol. The zero-order valence-electron chi connectivity index (χ0n) is 10.0. The van der Waals surface area contributed by atoms with Crippen LogP contribution in [0.25, 0.3) is 0 Å². The zero-order chi connectivity index (χ0) is 12.0. The van der Waals surface area contributed by atoms with Crippen LogP contribution in [0.2, 0.25) is 5.02 Å². The highest BCUT2D eigenvalue weighted by atomic mass is 35.5. The third-order valence-corrected chi connectivity index (χ3v) is 3.93. The molecule has 0 radical (unpaired) electrons. The first-order valence-electron chi connectivity index (χ1n) is 6.01. The normalized spacial score (nSPS) is 13.1. The third-order valence-electron chi connectivity index (χ3n) is 3.30. The van der Waals surface area contributed by atoms with E-state index in [-0.39, 0.29) is 0 Å². The Kier molecular flexibility index (Phi) is 6.23. The molecule has 0 nitrogen and oxygen atoms in total. The molecule has 2 heteroatoms. The molecule has 0 aromatic heterocycles. The molecule has 1 aromatic carbocycles. The Morgan fingerprint density at radius 1 is 1.12 bits per heavy atom. The summed E-state index contributed by atoms with van der Waals surface area (Å²) in [4.78, 5) is 0. The highest BCUT2D eigenvalue weighted by Crippen LogP contribution is 2.25. The average molecular weight is 259 g/mol. The summed E-state index contributed by atoms with van der Waals surface area (Å²) < 4.78 is 0. The van der Waals surface area contributed by atoms with E-state index in [4.69, 9.17) is 23.2 Å². The average Bonchev–Trinajstić information content (AvgIpc) is 2.29. The Labute approximate surface area is 109 Å². The number of hydrogen-bond acceptors (Lipinski definition) is 0. The molecule has 1 unspecified atom stereocenters. The van der Waals surface area contributed by atoms with Crippen molar-refractivity contribution >= 4 is 23.2 Å². The molecule has 0 saturated carbocycles. The van der Waals surface area contributed by atoms with Gasteiger partial charge in [-0.05, 0) is 36.0 Å². The standard InChI is InChI=1S/C14H20Cl2/c1-3-12(4-2)13(10-15)8-11-6-5-7-14(16)9-11/h5-7,9,12-13H,3-4,8,10H2,1-2H3. The molecule has 0 bridgehead atoms. The van der Waals surface area contributed by atoms with Gasteiger partial charge in [-0.25, -0.2) is 0 Å². The summed E-state index contributed by atoms with van der Waals surface area (Å²) in [6.07, 6.45) is 3.44. The molecule has 0 saturated heterocycles. The van der Waals surface area contributed by atoms with Crippen molar-refractivity contribution in [2.24, 2.45) is 11.8 Å². The van der Waals surface area contributed by atoms with E-state index in [0.717, 1.165) is 23.2 Å². The van der Waals surface area contributed by atoms with Crippen LogP contribution >= 0.6 is 23.2 Å². The molecular formula is C14H20Cl2. The Balaban J connectivity index is 2.69. The van der Waals surface area contributed by atoms with E-state index >= 15 is 0 Å². The van der Waals surface area contributed by atoms with Crippen molar-refractivity contribution in [2.75, 3.05) is 5.88 Å². The highest BCUT2D eigenvalue weighted by molar-refractivity contribution is 6.30. The fourth-order valence-corrected chi connectivity index (χ4v) is 2.84. The minimum absolute atomic E-state index is 0.565. The Morgan fingerprint density at radius 3 is 2.31 bits per heavy atom. The summed E-state index contributed by atoms with van der Waals surface area (Å²) in [5.41, 5.74) is 1.30. The van der Waals surface area contributed by atoms with Crippen LogP contribution in [0.4, 0.5) is 0 Å². The molecule has 1 rings (SSSR count). The van der Waals surface area contributed by atoms with E-state index in [1.807, 2.05) is 18.2 Å². The Hall–Kier alpha value is -0.200. The molecule has 0 spiro atoms. The van der Waals surface area contributed by atoms with Gasteiger partial charge < -0.3 is 0 Å². The molecule has 16 heavy (non-hydrogen) atoms. The van der Waals surface area contributed by atoms with Crippen LogP contribution in [0, 0.1) is 11.8 Å². The zero-order valence-corrected chi connectivity index (χ0v) is 11.6. The third kappa shape index (κ3) is 3.99. The van der Waals surface area contributed by atoms with Gasteiger partial charge in [0.1, 0.15) is 0 Å². The van der Waals surface area contributed by atoms with Crippen LogP contribution in [-0.2, 0) is 6.42 Å². The number of hydrogen-bond donors (Lipinski definition) is 0. The van der Waals surface area contributed by atoms with Crippen LogP contribution < -0.4 is 0 Å². The van der Waals surface area contributed by atoms with E-state index in [2.05, 4.69) is 19.9 Å². The van der Waals surface area contributed by atoms with Crippen LogP contribution in [-0.4, -0.2) is 5.88 Å². The van der Waals surface area contributed by atoms with Gasteiger partial charge in [-0.2, -0.15) is 0 Å². The minimum atomic E-state index is 0.565. The van der Waals surface area contributed by atoms with E-state index in [9.17, 15) is 0 Å². The second-order valence-corrected chi connectivity index (χ2v) is 5.07. The van der Waals surface area contributed by atoms with Gasteiger partial charge in [0.2, 0.25) is 0 Å². The molecule has 90 valence electrons. The summed E-state index contributed by atoms with van der Waals surface area (Å²) >= 11 is 12.1. The molecule has 0 aliphatic rings. The first-order chi connectivity index (χ1) is 7.71. The SMILES string of the molecule is CCC(CC)C(CCl)Cc1cccc(Cl)c1. The van der Waals surface area contributed by atoms with Crippen LogP contribution in [0.3, 0.4) is 0 Å². The summed E-state index contributed by atoms with van der Waals surface area (Å²) in [5, 5.41) is 0.815. The first kappa shape index (κ1) is 13.9. The Morgan fingerprint density at radius 2 is 1.81 bits per heavy atom. The topological polar surface area (TPSA) is 0 Å². The van der Waals surface area contributed by atoms with Crippen molar-refractivity contribution in [3.63, 3.8) is 0 Å². The van der Waals surface area contributed by atoms with Gasteiger partial charge in [-0.15, -0.1) is 11.6 Å². The number of halogens is 2. The van der Waals surface area contributed by atoms with Crippen molar-refractivity contribution in [3.8, 4) is 0 Å². The minimum Gasteiger partial charge on any atom is -0.126 e. The monoisotopic (exact) mass is 258 g/mol. The fourth-order valence-electron chi connectivity index (χ4n) is 2.27. The highest BCUT2D eigenvalue weighted by Gasteiger charge is 2.17. The lowest BCUT2D eigenvalue weighted by Gasteiger charge is -2.23. The van der Waals surface area contributed by atoms with Crippen molar-refractivity contribution in [2.45, 2.75) is 33.1 Å². The second-order valence-electron chi connectivity index (χ2n) is 4.33. The summed E-state index contributed by atoms with van der Waals surface area (Å²) in [6.45, 7) is 4.48. The first-order valence-corrected chi connectivity index (χ1v) is 6.92. The molecule has 0 N–H and O–H groups in total. The molecular weight excluding hydrogens is 239 g/mol. The van der Waals surface area contributed by atoms with Gasteiger partial charge >= 0.3 is 0 Å². The maximum Gasteiger partial charge on any atom is 0.0408 e. The number of alkyl halides is 1. The largest absolute Gasteiger partial charge is 0.126 e. The van der Waals surface area contributed by atoms with Gasteiger partial charge in [0, 0.05) is 10.9 Å². The van der Waals surface area contributed by atoms with E-state index < -0.39 is 0 Å². The lowest BCUT2D eigenvalue weighted by Crippen LogP contribution is -2.17. The van der Waals surface area contributed by atoms with Gasteiger partial charge in [-0.3, -0.25) is 0 Å². The van der Waals surface area contributed by atoms with Crippen molar-refractivity contribution in [3.05, 3.63) is 34.9 Å². The van der Waals surface area contributed by atoms with Crippen molar-refractivity contribution in [1.29, 1.82) is 0 Å². The molecule has 0 heterocycles. The molecule has 0 amide bonds. The molecule has 0 aliphatic heterocycles. The summed E-state index contributed by atoms with van der Waals surface area (Å²) in [5.74, 6) is 2.02. The van der Waals surface area contributed by atoms with E-state index in [0.29, 0.717) is 5.92 Å². The molecule has 0 aliphatic carbocycles. The summed E-state index contributed by atoms with van der Waals surface area (Å²) in [7, 11) is 0. The van der Waals surface area contributed by atoms with Crippen molar-refractivity contribution < 1.29 is 0 Å². The van der Waals surface area contributed by atoms with Gasteiger partial charge in [0.25, 0.3) is 0 Å². The number of benzene rings is 1.